The maximum atomic E-state index is 11.0. The minimum absolute atomic E-state index is 0.0765. The molecule has 94 valence electrons. The fraction of sp³-hybridized carbons (Fsp3) is 0.500. The fourth-order valence-corrected chi connectivity index (χ4v) is 1.58. The third-order valence-electron chi connectivity index (χ3n) is 2.78. The van der Waals surface area contributed by atoms with E-state index in [1.54, 1.807) is 7.05 Å². The van der Waals surface area contributed by atoms with Crippen molar-refractivity contribution in [2.45, 2.75) is 32.7 Å². The molecule has 1 rings (SSSR count). The van der Waals surface area contributed by atoms with Gasteiger partial charge < -0.3 is 10.6 Å². The van der Waals surface area contributed by atoms with Crippen molar-refractivity contribution in [3.05, 3.63) is 35.4 Å². The number of benzene rings is 1. The Bertz CT molecular complexity index is 344. The predicted molar refractivity (Wildman–Crippen MR) is 70.9 cm³/mol. The van der Waals surface area contributed by atoms with Crippen LogP contribution in [0.3, 0.4) is 0 Å². The van der Waals surface area contributed by atoms with E-state index in [0.717, 1.165) is 6.54 Å². The Labute approximate surface area is 104 Å². The third-order valence-corrected chi connectivity index (χ3v) is 2.78. The van der Waals surface area contributed by atoms with E-state index in [1.165, 1.54) is 11.1 Å². The Balaban J connectivity index is 2.30. The SMILES string of the molecule is CNC(=O)CCNCc1ccc(C(C)C)cc1. The lowest BCUT2D eigenvalue weighted by Gasteiger charge is -2.08. The van der Waals surface area contributed by atoms with Gasteiger partial charge in [0, 0.05) is 26.6 Å². The summed E-state index contributed by atoms with van der Waals surface area (Å²) in [6.07, 6.45) is 0.528. The molecule has 0 bridgehead atoms. The van der Waals surface area contributed by atoms with Gasteiger partial charge in [0.05, 0.1) is 0 Å². The van der Waals surface area contributed by atoms with Gasteiger partial charge in [0.25, 0.3) is 0 Å². The lowest BCUT2D eigenvalue weighted by atomic mass is 10.0. The van der Waals surface area contributed by atoms with Gasteiger partial charge >= 0.3 is 0 Å². The van der Waals surface area contributed by atoms with Gasteiger partial charge in [-0.3, -0.25) is 4.79 Å². The molecule has 1 aromatic carbocycles. The average Bonchev–Trinajstić information content (AvgIpc) is 2.34. The van der Waals surface area contributed by atoms with Crippen LogP contribution in [-0.2, 0) is 11.3 Å². The summed E-state index contributed by atoms with van der Waals surface area (Å²) in [5.74, 6) is 0.651. The summed E-state index contributed by atoms with van der Waals surface area (Å²) in [7, 11) is 1.66. The monoisotopic (exact) mass is 234 g/mol. The Morgan fingerprint density at radius 3 is 2.41 bits per heavy atom. The van der Waals surface area contributed by atoms with E-state index in [4.69, 9.17) is 0 Å². The molecule has 0 aliphatic carbocycles. The fourth-order valence-electron chi connectivity index (χ4n) is 1.58. The molecule has 0 aliphatic heterocycles. The minimum atomic E-state index is 0.0765. The summed E-state index contributed by atoms with van der Waals surface area (Å²) in [5, 5.41) is 5.86. The molecule has 0 spiro atoms. The smallest absolute Gasteiger partial charge is 0.221 e. The van der Waals surface area contributed by atoms with Crippen LogP contribution in [0.1, 0.15) is 37.3 Å². The number of hydrogen-bond donors (Lipinski definition) is 2. The van der Waals surface area contributed by atoms with E-state index in [9.17, 15) is 4.79 Å². The maximum Gasteiger partial charge on any atom is 0.221 e. The van der Waals surface area contributed by atoms with Gasteiger partial charge in [-0.15, -0.1) is 0 Å². The number of carbonyl (C=O) groups is 1. The maximum absolute atomic E-state index is 11.0. The number of nitrogens with one attached hydrogen (secondary N) is 2. The van der Waals surface area contributed by atoms with Crippen molar-refractivity contribution >= 4 is 5.91 Å². The normalized spacial score (nSPS) is 10.6. The van der Waals surface area contributed by atoms with Crippen molar-refractivity contribution in [2.75, 3.05) is 13.6 Å². The summed E-state index contributed by atoms with van der Waals surface area (Å²) in [6, 6.07) is 8.62. The number of carbonyl (C=O) groups excluding carboxylic acids is 1. The van der Waals surface area contributed by atoms with E-state index in [2.05, 4.69) is 48.7 Å². The molecule has 0 aromatic heterocycles. The molecule has 3 nitrogen and oxygen atoms in total. The zero-order valence-corrected chi connectivity index (χ0v) is 10.9. The molecule has 1 amide bonds. The molecule has 0 radical (unpaired) electrons. The van der Waals surface area contributed by atoms with Gasteiger partial charge in [0.1, 0.15) is 0 Å². The zero-order chi connectivity index (χ0) is 12.7. The van der Waals surface area contributed by atoms with Crippen LogP contribution >= 0.6 is 0 Å². The van der Waals surface area contributed by atoms with Gasteiger partial charge in [-0.2, -0.15) is 0 Å². The topological polar surface area (TPSA) is 41.1 Å². The largest absolute Gasteiger partial charge is 0.359 e. The molecule has 0 fully saturated rings. The molecule has 0 aliphatic rings. The van der Waals surface area contributed by atoms with Crippen molar-refractivity contribution in [1.82, 2.24) is 10.6 Å². The second-order valence-electron chi connectivity index (χ2n) is 4.50. The van der Waals surface area contributed by atoms with E-state index >= 15 is 0 Å². The Hall–Kier alpha value is -1.35. The molecule has 0 atom stereocenters. The van der Waals surface area contributed by atoms with Crippen LogP contribution in [0.2, 0.25) is 0 Å². The molecule has 0 saturated carbocycles. The molecular weight excluding hydrogens is 212 g/mol. The number of amides is 1. The van der Waals surface area contributed by atoms with Crippen LogP contribution in [0.5, 0.6) is 0 Å². The molecule has 3 heteroatoms. The van der Waals surface area contributed by atoms with E-state index in [0.29, 0.717) is 18.9 Å². The van der Waals surface area contributed by atoms with Crippen LogP contribution in [0.15, 0.2) is 24.3 Å². The van der Waals surface area contributed by atoms with Crippen LogP contribution in [0.25, 0.3) is 0 Å². The summed E-state index contributed by atoms with van der Waals surface area (Å²) < 4.78 is 0. The second kappa shape index (κ2) is 7.07. The minimum Gasteiger partial charge on any atom is -0.359 e. The average molecular weight is 234 g/mol. The van der Waals surface area contributed by atoms with Gasteiger partial charge in [0.2, 0.25) is 5.91 Å². The highest BCUT2D eigenvalue weighted by Crippen LogP contribution is 2.14. The van der Waals surface area contributed by atoms with Crippen LogP contribution in [0.4, 0.5) is 0 Å². The van der Waals surface area contributed by atoms with Gasteiger partial charge in [0.15, 0.2) is 0 Å². The lowest BCUT2D eigenvalue weighted by Crippen LogP contribution is -2.24. The molecule has 0 heterocycles. The first kappa shape index (κ1) is 13.7. The van der Waals surface area contributed by atoms with E-state index < -0.39 is 0 Å². The quantitative estimate of drug-likeness (QED) is 0.740. The van der Waals surface area contributed by atoms with E-state index in [-0.39, 0.29) is 5.91 Å². The van der Waals surface area contributed by atoms with Crippen LogP contribution < -0.4 is 10.6 Å². The molecule has 0 saturated heterocycles. The Morgan fingerprint density at radius 2 is 1.88 bits per heavy atom. The van der Waals surface area contributed by atoms with Gasteiger partial charge in [-0.1, -0.05) is 38.1 Å². The van der Waals surface area contributed by atoms with Crippen LogP contribution in [-0.4, -0.2) is 19.5 Å². The first-order valence-electron chi connectivity index (χ1n) is 6.13. The van der Waals surface area contributed by atoms with Gasteiger partial charge in [-0.05, 0) is 17.0 Å². The molecule has 2 N–H and O–H groups in total. The highest BCUT2D eigenvalue weighted by molar-refractivity contribution is 5.75. The summed E-state index contributed by atoms with van der Waals surface area (Å²) >= 11 is 0. The highest BCUT2D eigenvalue weighted by Gasteiger charge is 1.99. The summed E-state index contributed by atoms with van der Waals surface area (Å²) in [5.41, 5.74) is 2.62. The molecule has 1 aromatic rings. The zero-order valence-electron chi connectivity index (χ0n) is 10.9. The molecule has 0 unspecified atom stereocenters. The predicted octanol–water partition coefficient (Wildman–Crippen LogP) is 2.04. The summed E-state index contributed by atoms with van der Waals surface area (Å²) in [6.45, 7) is 5.91. The molecule has 17 heavy (non-hydrogen) atoms. The standard InChI is InChI=1S/C14H22N2O/c1-11(2)13-6-4-12(5-7-13)10-16-9-8-14(17)15-3/h4-7,11,16H,8-10H2,1-3H3,(H,15,17). The third kappa shape index (κ3) is 5.00. The van der Waals surface area contributed by atoms with Crippen molar-refractivity contribution in [2.24, 2.45) is 0 Å². The Kier molecular flexibility index (Phi) is 5.70. The van der Waals surface area contributed by atoms with Gasteiger partial charge in [-0.25, -0.2) is 0 Å². The van der Waals surface area contributed by atoms with Crippen molar-refractivity contribution in [3.63, 3.8) is 0 Å². The first-order valence-corrected chi connectivity index (χ1v) is 6.13. The summed E-state index contributed by atoms with van der Waals surface area (Å²) in [4.78, 5) is 11.0. The number of rotatable bonds is 6. The molecular formula is C14H22N2O. The van der Waals surface area contributed by atoms with Crippen LogP contribution in [0, 0.1) is 0 Å². The first-order chi connectivity index (χ1) is 8.13. The van der Waals surface area contributed by atoms with Crippen molar-refractivity contribution < 1.29 is 4.79 Å². The van der Waals surface area contributed by atoms with Crippen molar-refractivity contribution in [3.8, 4) is 0 Å². The van der Waals surface area contributed by atoms with Crippen molar-refractivity contribution in [1.29, 1.82) is 0 Å². The number of hydrogen-bond acceptors (Lipinski definition) is 2. The second-order valence-corrected chi connectivity index (χ2v) is 4.50. The van der Waals surface area contributed by atoms with E-state index in [1.807, 2.05) is 0 Å². The Morgan fingerprint density at radius 1 is 1.24 bits per heavy atom. The highest BCUT2D eigenvalue weighted by atomic mass is 16.1. The lowest BCUT2D eigenvalue weighted by molar-refractivity contribution is -0.120.